The van der Waals surface area contributed by atoms with Gasteiger partial charge in [-0.2, -0.15) is 0 Å². The molecule has 2 rings (SSSR count). The molecule has 117 valence electrons. The number of nitrogens with zero attached hydrogens (tertiary/aromatic N) is 3. The molecular weight excluding hydrogens is 286 g/mol. The number of aryl methyl sites for hydroxylation is 1. The minimum absolute atomic E-state index is 0.198. The van der Waals surface area contributed by atoms with Gasteiger partial charge in [-0.25, -0.2) is 4.98 Å². The van der Waals surface area contributed by atoms with E-state index in [0.717, 1.165) is 38.1 Å². The lowest BCUT2D eigenvalue weighted by atomic mass is 10.1. The summed E-state index contributed by atoms with van der Waals surface area (Å²) in [5.41, 5.74) is -0.400. The number of aliphatic hydroxyl groups excluding tert-OH is 1. The van der Waals surface area contributed by atoms with Gasteiger partial charge in [-0.15, -0.1) is 11.8 Å². The van der Waals surface area contributed by atoms with Crippen LogP contribution in [0.15, 0.2) is 12.5 Å². The van der Waals surface area contributed by atoms with Crippen LogP contribution in [-0.4, -0.2) is 49.7 Å². The number of hydrogen-bond donors (Lipinski definition) is 1. The average Bonchev–Trinajstić information content (AvgIpc) is 2.99. The second kappa shape index (κ2) is 9.10. The Balaban J connectivity index is 1.46. The van der Waals surface area contributed by atoms with Crippen molar-refractivity contribution in [2.24, 2.45) is 0 Å². The molecule has 1 aromatic heterocycles. The Labute approximate surface area is 130 Å². The summed E-state index contributed by atoms with van der Waals surface area (Å²) in [6.45, 7) is 2.27. The molecule has 5 nitrogen and oxygen atoms in total. The maximum absolute atomic E-state index is 12.0. The first-order chi connectivity index (χ1) is 10.3. The van der Waals surface area contributed by atoms with Gasteiger partial charge in [-0.3, -0.25) is 4.79 Å². The van der Waals surface area contributed by atoms with Crippen molar-refractivity contribution in [1.82, 2.24) is 14.5 Å². The lowest BCUT2D eigenvalue weighted by molar-refractivity contribution is -0.132. The van der Waals surface area contributed by atoms with E-state index in [1.54, 1.807) is 11.2 Å². The lowest BCUT2D eigenvalue weighted by Gasteiger charge is -2.29. The van der Waals surface area contributed by atoms with Crippen molar-refractivity contribution in [2.45, 2.75) is 50.5 Å². The molecule has 21 heavy (non-hydrogen) atoms. The van der Waals surface area contributed by atoms with E-state index in [1.165, 1.54) is 24.6 Å². The third-order valence-corrected chi connectivity index (χ3v) is 4.66. The molecule has 1 aromatic rings. The fourth-order valence-corrected chi connectivity index (χ4v) is 3.37. The lowest BCUT2D eigenvalue weighted by Crippen LogP contribution is -2.41. The molecule has 1 aliphatic rings. The van der Waals surface area contributed by atoms with E-state index in [1.807, 2.05) is 10.8 Å². The second-order valence-corrected chi connectivity index (χ2v) is 6.71. The van der Waals surface area contributed by atoms with Gasteiger partial charge in [0.1, 0.15) is 11.6 Å². The van der Waals surface area contributed by atoms with E-state index in [4.69, 9.17) is 0 Å². The van der Waals surface area contributed by atoms with E-state index in [2.05, 4.69) is 11.2 Å². The Hall–Kier alpha value is -1.01. The predicted molar refractivity (Wildman–Crippen MR) is 83.8 cm³/mol. The Morgan fingerprint density at radius 1 is 1.33 bits per heavy atom. The molecule has 1 N–H and O–H groups in total. The van der Waals surface area contributed by atoms with Crippen molar-refractivity contribution in [3.8, 4) is 0 Å². The summed E-state index contributed by atoms with van der Waals surface area (Å²) < 4.78 is 2.04. The number of aliphatic hydroxyl groups is 1. The molecule has 0 saturated carbocycles. The van der Waals surface area contributed by atoms with Gasteiger partial charge >= 0.3 is 0 Å². The van der Waals surface area contributed by atoms with Gasteiger partial charge in [0.2, 0.25) is 5.91 Å². The molecule has 1 atom stereocenters. The number of unbranched alkanes of at least 4 members (excludes halogenated alkanes) is 4. The minimum Gasteiger partial charge on any atom is -0.381 e. The zero-order chi connectivity index (χ0) is 14.9. The molecule has 1 saturated heterocycles. The molecule has 0 aliphatic carbocycles. The van der Waals surface area contributed by atoms with Crippen molar-refractivity contribution in [2.75, 3.05) is 18.8 Å². The number of aromatic nitrogens is 2. The second-order valence-electron chi connectivity index (χ2n) is 5.42. The normalized spacial score (nSPS) is 18.9. The Morgan fingerprint density at radius 2 is 2.14 bits per heavy atom. The summed E-state index contributed by atoms with van der Waals surface area (Å²) in [6, 6.07) is 0. The van der Waals surface area contributed by atoms with Gasteiger partial charge in [0.05, 0.1) is 12.9 Å². The number of carbonyl (C=O) groups excluding carboxylic acids is 1. The Morgan fingerprint density at radius 3 is 2.90 bits per heavy atom. The van der Waals surface area contributed by atoms with E-state index in [9.17, 15) is 9.90 Å². The fourth-order valence-electron chi connectivity index (χ4n) is 2.49. The first-order valence-corrected chi connectivity index (χ1v) is 8.76. The number of rotatable bonds is 8. The standard InChI is InChI=1S/C15H24N3O2S/c19-14(18-10-11-21-15(20)12-18)6-4-2-1-3-5-8-17-9-7-16-13-17/h9,13,15,20H,1-6,8,10-12H2. The molecule has 0 bridgehead atoms. The summed E-state index contributed by atoms with van der Waals surface area (Å²) in [7, 11) is 0. The van der Waals surface area contributed by atoms with Crippen LogP contribution in [0.2, 0.25) is 0 Å². The van der Waals surface area contributed by atoms with Crippen LogP contribution in [0.25, 0.3) is 0 Å². The molecule has 1 unspecified atom stereocenters. The molecule has 0 spiro atoms. The maximum atomic E-state index is 12.0. The predicted octanol–water partition coefficient (Wildman–Crippen LogP) is 1.92. The van der Waals surface area contributed by atoms with Crippen LogP contribution in [0.1, 0.15) is 38.5 Å². The smallest absolute Gasteiger partial charge is 0.222 e. The molecule has 2 heterocycles. The van der Waals surface area contributed by atoms with Crippen molar-refractivity contribution in [1.29, 1.82) is 0 Å². The van der Waals surface area contributed by atoms with E-state index in [0.29, 0.717) is 13.0 Å². The first-order valence-electron chi connectivity index (χ1n) is 7.71. The number of thioether (sulfide) groups is 1. The third-order valence-electron chi connectivity index (χ3n) is 3.71. The number of β-amino-alcohol motifs (C(OH)–C–C–N with tert-alkyl or cyclic N) is 1. The zero-order valence-corrected chi connectivity index (χ0v) is 13.2. The SMILES string of the molecule is O=C(CCCCCCCn1c[c]nc1)N1CCSC(O)C1. The summed E-state index contributed by atoms with van der Waals surface area (Å²) >= 11 is 1.53. The van der Waals surface area contributed by atoms with Crippen LogP contribution in [0.5, 0.6) is 0 Å². The highest BCUT2D eigenvalue weighted by molar-refractivity contribution is 7.99. The first kappa shape index (κ1) is 16.4. The van der Waals surface area contributed by atoms with Gasteiger partial charge in [0, 0.05) is 31.5 Å². The summed E-state index contributed by atoms with van der Waals surface area (Å²) in [5.74, 6) is 1.04. The largest absolute Gasteiger partial charge is 0.381 e. The number of amides is 1. The highest BCUT2D eigenvalue weighted by Gasteiger charge is 2.21. The van der Waals surface area contributed by atoms with Crippen LogP contribution in [-0.2, 0) is 11.3 Å². The molecule has 1 fully saturated rings. The highest BCUT2D eigenvalue weighted by atomic mass is 32.2. The Kier molecular flexibility index (Phi) is 7.09. The molecule has 1 amide bonds. The van der Waals surface area contributed by atoms with E-state index in [-0.39, 0.29) is 5.91 Å². The zero-order valence-electron chi connectivity index (χ0n) is 12.4. The van der Waals surface area contributed by atoms with Crippen LogP contribution in [0.4, 0.5) is 0 Å². The minimum atomic E-state index is -0.400. The molecule has 1 radical (unpaired) electrons. The fraction of sp³-hybridized carbons (Fsp3) is 0.733. The topological polar surface area (TPSA) is 58.4 Å². The number of imidazole rings is 1. The summed E-state index contributed by atoms with van der Waals surface area (Å²) in [5, 5.41) is 9.54. The quantitative estimate of drug-likeness (QED) is 0.745. The van der Waals surface area contributed by atoms with Crippen LogP contribution < -0.4 is 0 Å². The molecular formula is C15H24N3O2S. The molecule has 1 aliphatic heterocycles. The van der Waals surface area contributed by atoms with Crippen LogP contribution in [0, 0.1) is 6.20 Å². The number of carbonyl (C=O) groups is 1. The maximum Gasteiger partial charge on any atom is 0.222 e. The Bertz CT molecular complexity index is 411. The molecule has 6 heteroatoms. The monoisotopic (exact) mass is 310 g/mol. The van der Waals surface area contributed by atoms with Gasteiger partial charge in [0.15, 0.2) is 0 Å². The van der Waals surface area contributed by atoms with E-state index >= 15 is 0 Å². The van der Waals surface area contributed by atoms with Gasteiger partial charge in [0.25, 0.3) is 0 Å². The van der Waals surface area contributed by atoms with Crippen molar-refractivity contribution >= 4 is 17.7 Å². The third kappa shape index (κ3) is 6.09. The van der Waals surface area contributed by atoms with Gasteiger partial charge in [-0.05, 0) is 12.8 Å². The highest BCUT2D eigenvalue weighted by Crippen LogP contribution is 2.17. The average molecular weight is 310 g/mol. The summed E-state index contributed by atoms with van der Waals surface area (Å²) in [4.78, 5) is 17.7. The van der Waals surface area contributed by atoms with Crippen molar-refractivity contribution in [3.63, 3.8) is 0 Å². The van der Waals surface area contributed by atoms with Gasteiger partial charge in [-0.1, -0.05) is 19.3 Å². The number of hydrogen-bond acceptors (Lipinski definition) is 4. The van der Waals surface area contributed by atoms with Crippen molar-refractivity contribution in [3.05, 3.63) is 18.7 Å². The summed E-state index contributed by atoms with van der Waals surface area (Å²) in [6.07, 6.45) is 12.6. The van der Waals surface area contributed by atoms with Gasteiger partial charge < -0.3 is 14.6 Å². The van der Waals surface area contributed by atoms with Crippen molar-refractivity contribution < 1.29 is 9.90 Å². The van der Waals surface area contributed by atoms with Crippen LogP contribution in [0.3, 0.4) is 0 Å². The van der Waals surface area contributed by atoms with Crippen LogP contribution >= 0.6 is 11.8 Å². The van der Waals surface area contributed by atoms with E-state index < -0.39 is 5.44 Å². The molecule has 0 aromatic carbocycles.